The zero-order valence-corrected chi connectivity index (χ0v) is 7.06. The summed E-state index contributed by atoms with van der Waals surface area (Å²) in [5, 5.41) is 9.96. The summed E-state index contributed by atoms with van der Waals surface area (Å²) in [7, 11) is 0. The van der Waals surface area contributed by atoms with Gasteiger partial charge < -0.3 is 5.11 Å². The van der Waals surface area contributed by atoms with Crippen molar-refractivity contribution in [3.05, 3.63) is 0 Å². The Kier molecular flexibility index (Phi) is 2.35. The molecule has 1 aliphatic rings. The molecule has 0 heterocycles. The lowest BCUT2D eigenvalue weighted by molar-refractivity contribution is 0.00456. The quantitative estimate of drug-likeness (QED) is 0.638. The summed E-state index contributed by atoms with van der Waals surface area (Å²) in [6.07, 6.45) is 5.55. The van der Waals surface area contributed by atoms with Gasteiger partial charge in [-0.05, 0) is 31.6 Å². The number of aliphatic hydroxyl groups is 1. The van der Waals surface area contributed by atoms with Crippen molar-refractivity contribution >= 4 is 0 Å². The van der Waals surface area contributed by atoms with E-state index in [0.717, 1.165) is 19.3 Å². The first-order valence-corrected chi connectivity index (χ1v) is 4.45. The molecule has 10 heavy (non-hydrogen) atoms. The molecule has 1 saturated carbocycles. The van der Waals surface area contributed by atoms with Crippen LogP contribution < -0.4 is 0 Å². The highest BCUT2D eigenvalue weighted by Gasteiger charge is 2.41. The fraction of sp³-hybridized carbons (Fsp3) is 1.00. The van der Waals surface area contributed by atoms with Crippen molar-refractivity contribution in [3.63, 3.8) is 0 Å². The summed E-state index contributed by atoms with van der Waals surface area (Å²) in [5.41, 5.74) is -0.297. The maximum atomic E-state index is 9.96. The van der Waals surface area contributed by atoms with Crippen molar-refractivity contribution in [2.24, 2.45) is 5.92 Å². The third-order valence-corrected chi connectivity index (χ3v) is 2.63. The first kappa shape index (κ1) is 8.06. The van der Waals surface area contributed by atoms with E-state index in [1.165, 1.54) is 12.8 Å². The minimum Gasteiger partial charge on any atom is -0.390 e. The highest BCUT2D eigenvalue weighted by atomic mass is 16.3. The maximum Gasteiger partial charge on any atom is 0.0673 e. The van der Waals surface area contributed by atoms with Gasteiger partial charge in [-0.3, -0.25) is 0 Å². The SMILES string of the molecule is CCC[C@@](O)(CC)C1CC1. The molecule has 1 rings (SSSR count). The number of rotatable bonds is 4. The summed E-state index contributed by atoms with van der Waals surface area (Å²) in [5.74, 6) is 0.637. The van der Waals surface area contributed by atoms with Crippen molar-refractivity contribution in [1.29, 1.82) is 0 Å². The number of hydrogen-bond donors (Lipinski definition) is 1. The van der Waals surface area contributed by atoms with Crippen LogP contribution in [0.2, 0.25) is 0 Å². The van der Waals surface area contributed by atoms with Crippen LogP contribution in [0.15, 0.2) is 0 Å². The highest BCUT2D eigenvalue weighted by molar-refractivity contribution is 4.93. The van der Waals surface area contributed by atoms with Crippen LogP contribution in [0.3, 0.4) is 0 Å². The van der Waals surface area contributed by atoms with Crippen molar-refractivity contribution in [1.82, 2.24) is 0 Å². The maximum absolute atomic E-state index is 9.96. The van der Waals surface area contributed by atoms with E-state index in [0.29, 0.717) is 5.92 Å². The molecule has 0 unspecified atom stereocenters. The van der Waals surface area contributed by atoms with Gasteiger partial charge in [0, 0.05) is 0 Å². The second kappa shape index (κ2) is 2.91. The van der Waals surface area contributed by atoms with E-state index >= 15 is 0 Å². The predicted octanol–water partition coefficient (Wildman–Crippen LogP) is 2.34. The Morgan fingerprint density at radius 3 is 2.30 bits per heavy atom. The third kappa shape index (κ3) is 1.51. The van der Waals surface area contributed by atoms with E-state index in [1.807, 2.05) is 0 Å². The molecule has 0 aromatic carbocycles. The molecule has 0 saturated heterocycles. The van der Waals surface area contributed by atoms with Gasteiger partial charge in [0.05, 0.1) is 5.60 Å². The zero-order chi connectivity index (χ0) is 7.61. The molecule has 1 nitrogen and oxygen atoms in total. The molecule has 60 valence electrons. The second-order valence-electron chi connectivity index (χ2n) is 3.48. The van der Waals surface area contributed by atoms with Crippen molar-refractivity contribution < 1.29 is 5.11 Å². The van der Waals surface area contributed by atoms with Gasteiger partial charge in [-0.1, -0.05) is 20.3 Å². The molecule has 0 bridgehead atoms. The Balaban J connectivity index is 2.39. The molecule has 1 heteroatoms. The first-order chi connectivity index (χ1) is 4.73. The molecule has 1 aliphatic carbocycles. The lowest BCUT2D eigenvalue weighted by atomic mass is 9.90. The van der Waals surface area contributed by atoms with Crippen molar-refractivity contribution in [2.75, 3.05) is 0 Å². The summed E-state index contributed by atoms with van der Waals surface area (Å²) < 4.78 is 0. The average molecular weight is 142 g/mol. The molecular formula is C9H18O. The molecule has 0 spiro atoms. The molecule has 0 radical (unpaired) electrons. The van der Waals surface area contributed by atoms with Gasteiger partial charge in [-0.15, -0.1) is 0 Å². The lowest BCUT2D eigenvalue weighted by Crippen LogP contribution is -2.29. The molecule has 0 aromatic heterocycles. The molecule has 1 atom stereocenters. The highest BCUT2D eigenvalue weighted by Crippen LogP contribution is 2.43. The van der Waals surface area contributed by atoms with Gasteiger partial charge in [-0.2, -0.15) is 0 Å². The van der Waals surface area contributed by atoms with Gasteiger partial charge >= 0.3 is 0 Å². The second-order valence-corrected chi connectivity index (χ2v) is 3.48. The minimum atomic E-state index is -0.297. The van der Waals surface area contributed by atoms with Crippen LogP contribution in [-0.4, -0.2) is 10.7 Å². The van der Waals surface area contributed by atoms with Gasteiger partial charge in [0.1, 0.15) is 0 Å². The van der Waals surface area contributed by atoms with Gasteiger partial charge in [0.15, 0.2) is 0 Å². The Hall–Kier alpha value is -0.0400. The molecular weight excluding hydrogens is 124 g/mol. The Bertz CT molecular complexity index is 107. The van der Waals surface area contributed by atoms with Crippen LogP contribution in [-0.2, 0) is 0 Å². The van der Waals surface area contributed by atoms with Crippen molar-refractivity contribution in [2.45, 2.75) is 51.6 Å². The van der Waals surface area contributed by atoms with Gasteiger partial charge in [0.25, 0.3) is 0 Å². The fourth-order valence-electron chi connectivity index (χ4n) is 1.72. The fourth-order valence-corrected chi connectivity index (χ4v) is 1.72. The van der Waals surface area contributed by atoms with Gasteiger partial charge in [0.2, 0.25) is 0 Å². The van der Waals surface area contributed by atoms with E-state index in [4.69, 9.17) is 0 Å². The zero-order valence-electron chi connectivity index (χ0n) is 7.06. The molecule has 1 fully saturated rings. The minimum absolute atomic E-state index is 0.297. The normalized spacial score (nSPS) is 24.3. The van der Waals surface area contributed by atoms with Crippen LogP contribution in [0, 0.1) is 5.92 Å². The van der Waals surface area contributed by atoms with Crippen molar-refractivity contribution in [3.8, 4) is 0 Å². The summed E-state index contributed by atoms with van der Waals surface area (Å²) >= 11 is 0. The van der Waals surface area contributed by atoms with E-state index < -0.39 is 0 Å². The Labute approximate surface area is 63.4 Å². The Morgan fingerprint density at radius 2 is 2.00 bits per heavy atom. The molecule has 0 aromatic rings. The first-order valence-electron chi connectivity index (χ1n) is 4.45. The summed E-state index contributed by atoms with van der Waals surface area (Å²) in [6.45, 7) is 4.23. The standard InChI is InChI=1S/C9H18O/c1-3-7-9(10,4-2)8-5-6-8/h8,10H,3-7H2,1-2H3/t9-/m0/s1. The monoisotopic (exact) mass is 142 g/mol. The average Bonchev–Trinajstić information content (AvgIpc) is 2.69. The van der Waals surface area contributed by atoms with Gasteiger partial charge in [-0.25, -0.2) is 0 Å². The topological polar surface area (TPSA) is 20.2 Å². The van der Waals surface area contributed by atoms with E-state index in [9.17, 15) is 5.11 Å². The summed E-state index contributed by atoms with van der Waals surface area (Å²) in [6, 6.07) is 0. The summed E-state index contributed by atoms with van der Waals surface area (Å²) in [4.78, 5) is 0. The van der Waals surface area contributed by atoms with Crippen LogP contribution >= 0.6 is 0 Å². The smallest absolute Gasteiger partial charge is 0.0673 e. The van der Waals surface area contributed by atoms with Crippen LogP contribution in [0.25, 0.3) is 0 Å². The van der Waals surface area contributed by atoms with E-state index in [-0.39, 0.29) is 5.60 Å². The molecule has 1 N–H and O–H groups in total. The molecule has 0 amide bonds. The number of hydrogen-bond acceptors (Lipinski definition) is 1. The predicted molar refractivity (Wildman–Crippen MR) is 42.9 cm³/mol. The van der Waals surface area contributed by atoms with Crippen LogP contribution in [0.5, 0.6) is 0 Å². The third-order valence-electron chi connectivity index (χ3n) is 2.63. The van der Waals surface area contributed by atoms with Crippen LogP contribution in [0.1, 0.15) is 46.0 Å². The Morgan fingerprint density at radius 1 is 1.40 bits per heavy atom. The molecule has 0 aliphatic heterocycles. The lowest BCUT2D eigenvalue weighted by Gasteiger charge is -2.25. The largest absolute Gasteiger partial charge is 0.390 e. The van der Waals surface area contributed by atoms with E-state index in [2.05, 4.69) is 13.8 Å². The van der Waals surface area contributed by atoms with Crippen LogP contribution in [0.4, 0.5) is 0 Å². The van der Waals surface area contributed by atoms with E-state index in [1.54, 1.807) is 0 Å².